The van der Waals surface area contributed by atoms with Gasteiger partial charge in [0.15, 0.2) is 11.6 Å². The lowest BCUT2D eigenvalue weighted by molar-refractivity contribution is 0.100. The van der Waals surface area contributed by atoms with E-state index in [-0.39, 0.29) is 11.6 Å². The molecule has 0 aliphatic heterocycles. The predicted octanol–water partition coefficient (Wildman–Crippen LogP) is 6.93. The predicted molar refractivity (Wildman–Crippen MR) is 131 cm³/mol. The lowest BCUT2D eigenvalue weighted by Crippen LogP contribution is -1.97. The van der Waals surface area contributed by atoms with Crippen LogP contribution in [0.4, 0.5) is 0 Å². The van der Waals surface area contributed by atoms with Gasteiger partial charge in [-0.1, -0.05) is 74.5 Å². The van der Waals surface area contributed by atoms with E-state index in [0.717, 1.165) is 22.5 Å². The first-order chi connectivity index (χ1) is 15.5. The first-order valence-corrected chi connectivity index (χ1v) is 10.6. The smallest absolute Gasteiger partial charge is 0.159 e. The first-order valence-electron chi connectivity index (χ1n) is 10.6. The van der Waals surface area contributed by atoms with Crippen molar-refractivity contribution < 1.29 is 9.59 Å². The number of carbonyl (C=O) groups is 2. The van der Waals surface area contributed by atoms with Crippen molar-refractivity contribution in [3.63, 3.8) is 0 Å². The highest BCUT2D eigenvalue weighted by molar-refractivity contribution is 5.96. The Morgan fingerprint density at radius 1 is 0.594 bits per heavy atom. The van der Waals surface area contributed by atoms with E-state index in [0.29, 0.717) is 11.1 Å². The summed E-state index contributed by atoms with van der Waals surface area (Å²) in [6.45, 7) is 7.12. The Hall–Kier alpha value is -3.92. The summed E-state index contributed by atoms with van der Waals surface area (Å²) in [4.78, 5) is 30.9. The Balaban J connectivity index is 0.000000277. The molecular weight excluding hydrogens is 396 g/mol. The molecule has 4 aromatic rings. The molecule has 0 amide bonds. The minimum atomic E-state index is 0.0479. The topological polar surface area (TPSA) is 59.9 Å². The van der Waals surface area contributed by atoms with E-state index in [1.54, 1.807) is 31.5 Å². The molecule has 0 fully saturated rings. The lowest BCUT2D eigenvalue weighted by Gasteiger charge is -2.08. The maximum Gasteiger partial charge on any atom is 0.159 e. The van der Waals surface area contributed by atoms with Crippen molar-refractivity contribution in [1.82, 2.24) is 9.97 Å². The molecule has 2 aromatic carbocycles. The monoisotopic (exact) mass is 424 g/mol. The van der Waals surface area contributed by atoms with E-state index >= 15 is 0 Å². The molecule has 0 unspecified atom stereocenters. The fraction of sp³-hybridized carbons (Fsp3) is 0.143. The number of rotatable bonds is 4. The molecule has 0 atom stereocenters. The molecule has 4 rings (SSSR count). The Morgan fingerprint density at radius 3 is 1.34 bits per heavy atom. The van der Waals surface area contributed by atoms with E-state index in [1.165, 1.54) is 6.92 Å². The molecule has 0 saturated carbocycles. The summed E-state index contributed by atoms with van der Waals surface area (Å²) in [5.41, 5.74) is 5.06. The number of hydrogen-bond donors (Lipinski definition) is 0. The second kappa shape index (κ2) is 12.7. The normalized spacial score (nSPS) is 9.50. The molecule has 0 N–H and O–H groups in total. The number of aromatic nitrogens is 2. The van der Waals surface area contributed by atoms with Crippen molar-refractivity contribution in [2.75, 3.05) is 0 Å². The molecular formula is C28H28N2O2. The van der Waals surface area contributed by atoms with Crippen LogP contribution in [0.5, 0.6) is 0 Å². The van der Waals surface area contributed by atoms with Crippen LogP contribution in [-0.2, 0) is 0 Å². The molecule has 0 aliphatic carbocycles. The van der Waals surface area contributed by atoms with Crippen LogP contribution in [0.15, 0.2) is 97.3 Å². The second-order valence-electron chi connectivity index (χ2n) is 6.71. The summed E-state index contributed by atoms with van der Waals surface area (Å²) < 4.78 is 0. The molecule has 0 saturated heterocycles. The molecule has 162 valence electrons. The van der Waals surface area contributed by atoms with Gasteiger partial charge in [-0.25, -0.2) is 4.98 Å². The van der Waals surface area contributed by atoms with Crippen molar-refractivity contribution >= 4 is 11.6 Å². The number of carbonyl (C=O) groups excluding carboxylic acids is 2. The number of Topliss-reactive ketones (excluding diaryl/α,β-unsaturated/α-hetero) is 2. The van der Waals surface area contributed by atoms with Crippen molar-refractivity contribution in [1.29, 1.82) is 0 Å². The maximum atomic E-state index is 11.8. The zero-order valence-corrected chi connectivity index (χ0v) is 18.9. The van der Waals surface area contributed by atoms with Gasteiger partial charge >= 0.3 is 0 Å². The van der Waals surface area contributed by atoms with Gasteiger partial charge in [-0.3, -0.25) is 14.6 Å². The van der Waals surface area contributed by atoms with Crippen LogP contribution in [0.25, 0.3) is 22.5 Å². The standard InChI is InChI=1S/C19H15NO.C7H7NO.C2H6/c1-14(21)17-12-18(15-8-4-2-5-9-15)20-19(13-17)16-10-6-3-7-11-16;1-6(9)7-2-4-8-5-3-7;1-2/h2-13H,1H3;2-5H,1H3;1-2H3. The van der Waals surface area contributed by atoms with Crippen molar-refractivity contribution in [2.24, 2.45) is 0 Å². The Bertz CT molecular complexity index is 1070. The van der Waals surface area contributed by atoms with Crippen molar-refractivity contribution in [2.45, 2.75) is 27.7 Å². The Labute approximate surface area is 190 Å². The second-order valence-corrected chi connectivity index (χ2v) is 6.71. The van der Waals surface area contributed by atoms with Gasteiger partial charge in [0.2, 0.25) is 0 Å². The van der Waals surface area contributed by atoms with E-state index in [9.17, 15) is 9.59 Å². The molecule has 2 heterocycles. The average molecular weight is 425 g/mol. The van der Waals surface area contributed by atoms with Crippen LogP contribution < -0.4 is 0 Å². The molecule has 32 heavy (non-hydrogen) atoms. The average Bonchev–Trinajstić information content (AvgIpc) is 2.87. The minimum absolute atomic E-state index is 0.0479. The van der Waals surface area contributed by atoms with Gasteiger partial charge in [0.05, 0.1) is 11.4 Å². The van der Waals surface area contributed by atoms with Crippen LogP contribution in [0.1, 0.15) is 48.4 Å². The summed E-state index contributed by atoms with van der Waals surface area (Å²) in [7, 11) is 0. The molecule has 4 nitrogen and oxygen atoms in total. The summed E-state index contributed by atoms with van der Waals surface area (Å²) in [5, 5.41) is 0. The van der Waals surface area contributed by atoms with Crippen LogP contribution in [0, 0.1) is 0 Å². The zero-order chi connectivity index (χ0) is 23.3. The van der Waals surface area contributed by atoms with Gasteiger partial charge in [-0.15, -0.1) is 0 Å². The first kappa shape index (κ1) is 24.4. The van der Waals surface area contributed by atoms with E-state index < -0.39 is 0 Å². The Kier molecular flexibility index (Phi) is 9.67. The van der Waals surface area contributed by atoms with Crippen LogP contribution in [0.2, 0.25) is 0 Å². The van der Waals surface area contributed by atoms with Gasteiger partial charge in [0.25, 0.3) is 0 Å². The number of hydrogen-bond acceptors (Lipinski definition) is 4. The van der Waals surface area contributed by atoms with Gasteiger partial charge in [-0.05, 0) is 38.1 Å². The molecule has 4 heteroatoms. The van der Waals surface area contributed by atoms with E-state index in [1.807, 2.05) is 86.6 Å². The van der Waals surface area contributed by atoms with Gasteiger partial charge in [0.1, 0.15) is 0 Å². The number of ketones is 2. The fourth-order valence-corrected chi connectivity index (χ4v) is 2.83. The van der Waals surface area contributed by atoms with Crippen LogP contribution >= 0.6 is 0 Å². The quantitative estimate of drug-likeness (QED) is 0.333. The van der Waals surface area contributed by atoms with E-state index in [4.69, 9.17) is 4.98 Å². The zero-order valence-electron chi connectivity index (χ0n) is 18.9. The largest absolute Gasteiger partial charge is 0.295 e. The third-order valence-electron chi connectivity index (χ3n) is 4.46. The molecule has 0 radical (unpaired) electrons. The number of benzene rings is 2. The lowest BCUT2D eigenvalue weighted by atomic mass is 10.0. The molecule has 0 aliphatic rings. The van der Waals surface area contributed by atoms with Crippen LogP contribution in [0.3, 0.4) is 0 Å². The van der Waals surface area contributed by atoms with Crippen LogP contribution in [-0.4, -0.2) is 21.5 Å². The third-order valence-corrected chi connectivity index (χ3v) is 4.46. The highest BCUT2D eigenvalue weighted by atomic mass is 16.1. The third kappa shape index (κ3) is 7.10. The van der Waals surface area contributed by atoms with E-state index in [2.05, 4.69) is 4.98 Å². The molecule has 0 bridgehead atoms. The molecule has 2 aromatic heterocycles. The van der Waals surface area contributed by atoms with Gasteiger partial charge in [0, 0.05) is 34.6 Å². The fourth-order valence-electron chi connectivity index (χ4n) is 2.83. The number of pyridine rings is 2. The minimum Gasteiger partial charge on any atom is -0.295 e. The summed E-state index contributed by atoms with van der Waals surface area (Å²) in [6, 6.07) is 26.9. The van der Waals surface area contributed by atoms with Gasteiger partial charge in [-0.2, -0.15) is 0 Å². The SMILES string of the molecule is CC.CC(=O)c1cc(-c2ccccc2)nc(-c2ccccc2)c1.CC(=O)c1ccncc1. The summed E-state index contributed by atoms with van der Waals surface area (Å²) in [5.74, 6) is 0.129. The Morgan fingerprint density at radius 2 is 1.00 bits per heavy atom. The molecule has 0 spiro atoms. The highest BCUT2D eigenvalue weighted by Crippen LogP contribution is 2.24. The highest BCUT2D eigenvalue weighted by Gasteiger charge is 2.09. The summed E-state index contributed by atoms with van der Waals surface area (Å²) >= 11 is 0. The van der Waals surface area contributed by atoms with Crippen molar-refractivity contribution in [3.05, 3.63) is 108 Å². The summed E-state index contributed by atoms with van der Waals surface area (Å²) in [6.07, 6.45) is 3.22. The maximum absolute atomic E-state index is 11.8. The number of nitrogens with zero attached hydrogens (tertiary/aromatic N) is 2. The van der Waals surface area contributed by atoms with Gasteiger partial charge < -0.3 is 0 Å². The van der Waals surface area contributed by atoms with Crippen molar-refractivity contribution in [3.8, 4) is 22.5 Å².